The van der Waals surface area contributed by atoms with Gasteiger partial charge in [-0.1, -0.05) is 6.07 Å². The molecule has 0 radical (unpaired) electrons. The van der Waals surface area contributed by atoms with E-state index in [-0.39, 0.29) is 11.8 Å². The van der Waals surface area contributed by atoms with Crippen molar-refractivity contribution in [1.82, 2.24) is 14.9 Å². The summed E-state index contributed by atoms with van der Waals surface area (Å²) in [4.78, 5) is 12.6. The third kappa shape index (κ3) is 4.04. The van der Waals surface area contributed by atoms with E-state index < -0.39 is 10.0 Å². The van der Waals surface area contributed by atoms with Crippen molar-refractivity contribution in [2.24, 2.45) is 11.8 Å². The van der Waals surface area contributed by atoms with Crippen molar-refractivity contribution < 1.29 is 13.2 Å². The van der Waals surface area contributed by atoms with Gasteiger partial charge < -0.3 is 10.6 Å². The SMILES string of the molecule is Cc1ccc(S(=O)(=O)N2CCC(C(=O)NCC3CNC3)CC2)cc1C. The maximum absolute atomic E-state index is 12.8. The number of sulfonamides is 1. The lowest BCUT2D eigenvalue weighted by molar-refractivity contribution is -0.126. The molecule has 2 N–H and O–H groups in total. The molecule has 0 spiro atoms. The van der Waals surface area contributed by atoms with Crippen molar-refractivity contribution in [1.29, 1.82) is 0 Å². The number of amides is 1. The molecule has 0 unspecified atom stereocenters. The van der Waals surface area contributed by atoms with Gasteiger partial charge in [0.2, 0.25) is 15.9 Å². The van der Waals surface area contributed by atoms with E-state index in [0.29, 0.717) is 43.3 Å². The third-order valence-electron chi connectivity index (χ3n) is 5.37. The third-order valence-corrected chi connectivity index (χ3v) is 7.27. The number of carbonyl (C=O) groups is 1. The molecule has 0 aromatic heterocycles. The number of nitrogens with zero attached hydrogens (tertiary/aromatic N) is 1. The van der Waals surface area contributed by atoms with Crippen LogP contribution < -0.4 is 10.6 Å². The van der Waals surface area contributed by atoms with Crippen LogP contribution in [0.2, 0.25) is 0 Å². The van der Waals surface area contributed by atoms with Crippen LogP contribution in [0, 0.1) is 25.7 Å². The zero-order chi connectivity index (χ0) is 18.0. The van der Waals surface area contributed by atoms with Gasteiger partial charge >= 0.3 is 0 Å². The summed E-state index contributed by atoms with van der Waals surface area (Å²) in [6, 6.07) is 5.25. The highest BCUT2D eigenvalue weighted by Crippen LogP contribution is 2.25. The molecule has 2 aliphatic heterocycles. The van der Waals surface area contributed by atoms with Crippen molar-refractivity contribution in [3.8, 4) is 0 Å². The number of piperidine rings is 1. The Morgan fingerprint density at radius 1 is 1.20 bits per heavy atom. The molecule has 0 aliphatic carbocycles. The number of hydrogen-bond donors (Lipinski definition) is 2. The predicted octanol–water partition coefficient (Wildman–Crippen LogP) is 1.04. The van der Waals surface area contributed by atoms with Crippen LogP contribution in [-0.2, 0) is 14.8 Å². The minimum atomic E-state index is -3.48. The number of hydrogen-bond acceptors (Lipinski definition) is 4. The highest BCUT2D eigenvalue weighted by Gasteiger charge is 2.32. The minimum Gasteiger partial charge on any atom is -0.355 e. The van der Waals surface area contributed by atoms with Gasteiger partial charge in [0, 0.05) is 44.6 Å². The van der Waals surface area contributed by atoms with Crippen LogP contribution >= 0.6 is 0 Å². The molecule has 2 heterocycles. The van der Waals surface area contributed by atoms with E-state index in [1.165, 1.54) is 4.31 Å². The van der Waals surface area contributed by atoms with Gasteiger partial charge in [-0.3, -0.25) is 4.79 Å². The zero-order valence-corrected chi connectivity index (χ0v) is 15.7. The number of rotatable bonds is 5. The van der Waals surface area contributed by atoms with Gasteiger partial charge in [-0.05, 0) is 49.9 Å². The fourth-order valence-electron chi connectivity index (χ4n) is 3.26. The van der Waals surface area contributed by atoms with Crippen LogP contribution in [0.5, 0.6) is 0 Å². The van der Waals surface area contributed by atoms with Gasteiger partial charge in [0.15, 0.2) is 0 Å². The first kappa shape index (κ1) is 18.4. The second-order valence-electron chi connectivity index (χ2n) is 7.19. The van der Waals surface area contributed by atoms with E-state index >= 15 is 0 Å². The monoisotopic (exact) mass is 365 g/mol. The van der Waals surface area contributed by atoms with Gasteiger partial charge in [0.25, 0.3) is 0 Å². The number of carbonyl (C=O) groups excluding carboxylic acids is 1. The van der Waals surface area contributed by atoms with Crippen LogP contribution in [0.4, 0.5) is 0 Å². The van der Waals surface area contributed by atoms with E-state index in [4.69, 9.17) is 0 Å². The van der Waals surface area contributed by atoms with Gasteiger partial charge in [0.05, 0.1) is 4.90 Å². The van der Waals surface area contributed by atoms with E-state index in [0.717, 1.165) is 24.2 Å². The number of aryl methyl sites for hydroxylation is 2. The van der Waals surface area contributed by atoms with Crippen molar-refractivity contribution in [2.45, 2.75) is 31.6 Å². The van der Waals surface area contributed by atoms with Crippen molar-refractivity contribution in [2.75, 3.05) is 32.7 Å². The average Bonchev–Trinajstić information content (AvgIpc) is 2.55. The molecular formula is C18H27N3O3S. The summed E-state index contributed by atoms with van der Waals surface area (Å²) in [5.41, 5.74) is 2.05. The molecule has 1 aromatic carbocycles. The summed E-state index contributed by atoms with van der Waals surface area (Å²) in [6.45, 7) is 7.33. The van der Waals surface area contributed by atoms with Crippen molar-refractivity contribution in [3.05, 3.63) is 29.3 Å². The maximum Gasteiger partial charge on any atom is 0.243 e. The topological polar surface area (TPSA) is 78.5 Å². The summed E-state index contributed by atoms with van der Waals surface area (Å²) in [5.74, 6) is 0.517. The Hall–Kier alpha value is -1.44. The van der Waals surface area contributed by atoms with Crippen LogP contribution in [0.3, 0.4) is 0 Å². The standard InChI is InChI=1S/C18H27N3O3S/c1-13-3-4-17(9-14(13)2)25(23,24)21-7-5-16(6-8-21)18(22)20-12-15-10-19-11-15/h3-4,9,15-16,19H,5-8,10-12H2,1-2H3,(H,20,22). The molecular weight excluding hydrogens is 338 g/mol. The number of benzene rings is 1. The summed E-state index contributed by atoms with van der Waals surface area (Å²) in [5, 5.41) is 6.19. The Morgan fingerprint density at radius 3 is 2.44 bits per heavy atom. The van der Waals surface area contributed by atoms with Gasteiger partial charge in [-0.15, -0.1) is 0 Å². The molecule has 2 saturated heterocycles. The number of nitrogens with one attached hydrogen (secondary N) is 2. The Morgan fingerprint density at radius 2 is 1.88 bits per heavy atom. The maximum atomic E-state index is 12.8. The van der Waals surface area contributed by atoms with Crippen molar-refractivity contribution in [3.63, 3.8) is 0 Å². The quantitative estimate of drug-likeness (QED) is 0.817. The minimum absolute atomic E-state index is 0.0649. The fraction of sp³-hybridized carbons (Fsp3) is 0.611. The fourth-order valence-corrected chi connectivity index (χ4v) is 4.82. The predicted molar refractivity (Wildman–Crippen MR) is 96.8 cm³/mol. The van der Waals surface area contributed by atoms with E-state index in [1.807, 2.05) is 19.9 Å². The van der Waals surface area contributed by atoms with Gasteiger partial charge in [0.1, 0.15) is 0 Å². The summed E-state index contributed by atoms with van der Waals surface area (Å²) in [7, 11) is -3.48. The molecule has 0 saturated carbocycles. The molecule has 3 rings (SSSR count). The molecule has 2 fully saturated rings. The Kier molecular flexibility index (Phi) is 5.46. The Bertz CT molecular complexity index is 736. The molecule has 1 aromatic rings. The summed E-state index contributed by atoms with van der Waals surface area (Å²) >= 11 is 0. The smallest absolute Gasteiger partial charge is 0.243 e. The Labute approximate surface area is 150 Å². The van der Waals surface area contributed by atoms with Gasteiger partial charge in [-0.25, -0.2) is 8.42 Å². The summed E-state index contributed by atoms with van der Waals surface area (Å²) < 4.78 is 27.1. The lowest BCUT2D eigenvalue weighted by atomic mass is 9.96. The normalized spacial score (nSPS) is 20.2. The molecule has 2 aliphatic rings. The molecule has 1 amide bonds. The molecule has 6 nitrogen and oxygen atoms in total. The first-order valence-electron chi connectivity index (χ1n) is 8.94. The molecule has 138 valence electrons. The highest BCUT2D eigenvalue weighted by atomic mass is 32.2. The lowest BCUT2D eigenvalue weighted by Crippen LogP contribution is -2.50. The van der Waals surface area contributed by atoms with Crippen LogP contribution in [0.25, 0.3) is 0 Å². The van der Waals surface area contributed by atoms with Crippen LogP contribution in [-0.4, -0.2) is 51.4 Å². The largest absolute Gasteiger partial charge is 0.355 e. The summed E-state index contributed by atoms with van der Waals surface area (Å²) in [6.07, 6.45) is 1.16. The Balaban J connectivity index is 1.57. The molecule has 25 heavy (non-hydrogen) atoms. The second-order valence-corrected chi connectivity index (χ2v) is 9.13. The van der Waals surface area contributed by atoms with Gasteiger partial charge in [-0.2, -0.15) is 4.31 Å². The lowest BCUT2D eigenvalue weighted by Gasteiger charge is -2.32. The molecule has 0 atom stereocenters. The van der Waals surface area contributed by atoms with E-state index in [9.17, 15) is 13.2 Å². The van der Waals surface area contributed by atoms with Crippen LogP contribution in [0.15, 0.2) is 23.1 Å². The zero-order valence-electron chi connectivity index (χ0n) is 14.9. The second kappa shape index (κ2) is 7.43. The first-order valence-corrected chi connectivity index (χ1v) is 10.4. The van der Waals surface area contributed by atoms with E-state index in [1.54, 1.807) is 12.1 Å². The highest BCUT2D eigenvalue weighted by molar-refractivity contribution is 7.89. The first-order chi connectivity index (χ1) is 11.9. The van der Waals surface area contributed by atoms with Crippen LogP contribution in [0.1, 0.15) is 24.0 Å². The van der Waals surface area contributed by atoms with Crippen molar-refractivity contribution >= 4 is 15.9 Å². The molecule has 7 heteroatoms. The average molecular weight is 365 g/mol. The molecule has 0 bridgehead atoms. The van der Waals surface area contributed by atoms with E-state index in [2.05, 4.69) is 10.6 Å².